The van der Waals surface area contributed by atoms with Crippen LogP contribution >= 0.6 is 0 Å². The Balaban J connectivity index is 1.36. The van der Waals surface area contributed by atoms with Gasteiger partial charge in [-0.3, -0.25) is 0 Å². The third kappa shape index (κ3) is 2.74. The molecule has 0 saturated carbocycles. The highest BCUT2D eigenvalue weighted by atomic mass is 14.9. The predicted octanol–water partition coefficient (Wildman–Crippen LogP) is 6.58. The maximum atomic E-state index is 5.18. The van der Waals surface area contributed by atoms with E-state index in [-0.39, 0.29) is 0 Å². The fourth-order valence-corrected chi connectivity index (χ4v) is 7.20. The van der Waals surface area contributed by atoms with Crippen molar-refractivity contribution in [2.45, 2.75) is 0 Å². The van der Waals surface area contributed by atoms with Gasteiger partial charge in [0.2, 0.25) is 0 Å². The second kappa shape index (κ2) is 7.65. The van der Waals surface area contributed by atoms with Crippen molar-refractivity contribution in [1.29, 1.82) is 0 Å². The zero-order valence-electron chi connectivity index (χ0n) is 24.3. The molecule has 0 aliphatic carbocycles. The second-order valence-electron chi connectivity index (χ2n) is 12.1. The van der Waals surface area contributed by atoms with Gasteiger partial charge in [-0.05, 0) is 72.8 Å². The van der Waals surface area contributed by atoms with Crippen molar-refractivity contribution >= 4 is 132 Å². The molecular formula is C36H12N12. The molecule has 0 aliphatic heterocycles. The maximum absolute atomic E-state index is 5.18. The van der Waals surface area contributed by atoms with E-state index in [2.05, 4.69) is 0 Å². The van der Waals surface area contributed by atoms with Gasteiger partial charge < -0.3 is 0 Å². The molecule has 13 aromatic rings. The first kappa shape index (κ1) is 23.3. The van der Waals surface area contributed by atoms with Gasteiger partial charge in [-0.2, -0.15) is 0 Å². The van der Waals surface area contributed by atoms with Crippen LogP contribution in [-0.2, 0) is 0 Å². The van der Waals surface area contributed by atoms with E-state index in [0.29, 0.717) is 132 Å². The second-order valence-corrected chi connectivity index (χ2v) is 12.1. The Bertz CT molecular complexity index is 2760. The fourth-order valence-electron chi connectivity index (χ4n) is 7.20. The Morgan fingerprint density at radius 1 is 0.146 bits per heavy atom. The molecule has 216 valence electrons. The number of rotatable bonds is 0. The summed E-state index contributed by atoms with van der Waals surface area (Å²) in [6.07, 6.45) is 0. The van der Waals surface area contributed by atoms with E-state index < -0.39 is 0 Å². The fraction of sp³-hybridized carbons (Fsp3) is 0. The third-order valence-electron chi connectivity index (χ3n) is 9.44. The summed E-state index contributed by atoms with van der Waals surface area (Å²) >= 11 is 0. The van der Waals surface area contributed by atoms with Gasteiger partial charge in [0.1, 0.15) is 66.2 Å². The first-order valence-electron chi connectivity index (χ1n) is 15.3. The summed E-state index contributed by atoms with van der Waals surface area (Å²) < 4.78 is 0. The lowest BCUT2D eigenvalue weighted by atomic mass is 10.1. The molecule has 0 atom stereocenters. The summed E-state index contributed by atoms with van der Waals surface area (Å²) in [7, 11) is 0. The molecule has 7 heterocycles. The van der Waals surface area contributed by atoms with Crippen LogP contribution in [0.25, 0.3) is 132 Å². The van der Waals surface area contributed by atoms with Gasteiger partial charge >= 0.3 is 0 Å². The molecule has 0 radical (unpaired) electrons. The van der Waals surface area contributed by atoms with E-state index in [1.807, 2.05) is 72.8 Å². The Hall–Kier alpha value is -7.08. The lowest BCUT2D eigenvalue weighted by Gasteiger charge is -2.11. The Labute approximate surface area is 264 Å². The molecule has 0 fully saturated rings. The quantitative estimate of drug-likeness (QED) is 0.134. The normalized spacial score (nSPS) is 13.0. The molecule has 12 bridgehead atoms. The van der Waals surface area contributed by atoms with E-state index in [4.69, 9.17) is 59.8 Å². The Morgan fingerprint density at radius 3 is 0.354 bits per heavy atom. The average Bonchev–Trinajstić information content (AvgIpc) is 3.13. The van der Waals surface area contributed by atoms with Crippen molar-refractivity contribution in [3.05, 3.63) is 72.8 Å². The standard InChI is InChI=1S/C36H12N12/c1-2-14-26-25-13(1)37-15-3-4-17-29(27(15)43-25)45-31-19(39-17)7-8-20-32(31)47-35-23(41-20)11-12-24-36(35)48-34-22(42-24)10-9-21-33(34)46-30-18(40-21)6-5-16(38-14)28(30)44-26/h1-12H. The van der Waals surface area contributed by atoms with Gasteiger partial charge in [0.25, 0.3) is 0 Å². The van der Waals surface area contributed by atoms with Crippen LogP contribution in [0.3, 0.4) is 0 Å². The first-order chi connectivity index (χ1) is 23.7. The highest BCUT2D eigenvalue weighted by Gasteiger charge is 2.19. The molecule has 7 aromatic heterocycles. The summed E-state index contributed by atoms with van der Waals surface area (Å²) in [6.45, 7) is 0. The lowest BCUT2D eigenvalue weighted by molar-refractivity contribution is 1.32. The molecule has 0 spiro atoms. The summed E-state index contributed by atoms with van der Waals surface area (Å²) in [5.74, 6) is 0. The molecular weight excluding hydrogens is 600 g/mol. The Kier molecular flexibility index (Phi) is 3.71. The SMILES string of the molecule is c1cc2nc3ccc4nc5ccc6nc7ccc8nc9ccc%10nc%11ccc%12nc1c1nc%12c%11nc%10c9nc8c7nc6c5nc4c3nc21. The monoisotopic (exact) mass is 612 g/mol. The van der Waals surface area contributed by atoms with Gasteiger partial charge in [0, 0.05) is 0 Å². The minimum atomic E-state index is 0.614. The molecule has 0 unspecified atom stereocenters. The van der Waals surface area contributed by atoms with Crippen LogP contribution in [-0.4, -0.2) is 59.8 Å². The van der Waals surface area contributed by atoms with Crippen LogP contribution in [0.4, 0.5) is 0 Å². The molecule has 13 rings (SSSR count). The van der Waals surface area contributed by atoms with E-state index in [1.165, 1.54) is 0 Å². The summed E-state index contributed by atoms with van der Waals surface area (Å²) in [5, 5.41) is 0. The third-order valence-corrected chi connectivity index (χ3v) is 9.44. The summed E-state index contributed by atoms with van der Waals surface area (Å²) in [6, 6.07) is 23.1. The number of benzene rings is 6. The zero-order valence-corrected chi connectivity index (χ0v) is 24.3. The van der Waals surface area contributed by atoms with Crippen LogP contribution in [0.5, 0.6) is 0 Å². The van der Waals surface area contributed by atoms with E-state index in [9.17, 15) is 0 Å². The molecule has 0 N–H and O–H groups in total. The van der Waals surface area contributed by atoms with Gasteiger partial charge in [-0.15, -0.1) is 0 Å². The smallest absolute Gasteiger partial charge is 0.117 e. The van der Waals surface area contributed by atoms with Crippen molar-refractivity contribution in [1.82, 2.24) is 59.8 Å². The van der Waals surface area contributed by atoms with E-state index in [0.717, 1.165) is 0 Å². The minimum absolute atomic E-state index is 0.614. The summed E-state index contributed by atoms with van der Waals surface area (Å²) in [4.78, 5) is 61.1. The van der Waals surface area contributed by atoms with E-state index in [1.54, 1.807) is 0 Å². The molecule has 6 aromatic carbocycles. The largest absolute Gasteiger partial charge is 0.244 e. The molecule has 0 saturated heterocycles. The summed E-state index contributed by atoms with van der Waals surface area (Å²) in [5.41, 5.74) is 15.7. The average molecular weight is 613 g/mol. The number of nitrogens with zero attached hydrogens (tertiary/aromatic N) is 12. The molecule has 48 heavy (non-hydrogen) atoms. The van der Waals surface area contributed by atoms with Crippen LogP contribution in [0.15, 0.2) is 72.8 Å². The number of hydrogen-bond acceptors (Lipinski definition) is 12. The van der Waals surface area contributed by atoms with Crippen molar-refractivity contribution in [2.24, 2.45) is 0 Å². The first-order valence-corrected chi connectivity index (χ1v) is 15.3. The van der Waals surface area contributed by atoms with Crippen LogP contribution in [0.1, 0.15) is 0 Å². The predicted molar refractivity (Wildman–Crippen MR) is 184 cm³/mol. The topological polar surface area (TPSA) is 155 Å². The van der Waals surface area contributed by atoms with Crippen LogP contribution in [0, 0.1) is 0 Å². The van der Waals surface area contributed by atoms with Crippen molar-refractivity contribution in [2.75, 3.05) is 0 Å². The van der Waals surface area contributed by atoms with Gasteiger partial charge in [-0.1, -0.05) is 0 Å². The number of aromatic nitrogens is 12. The number of hydrogen-bond donors (Lipinski definition) is 0. The Morgan fingerprint density at radius 2 is 0.250 bits per heavy atom. The maximum Gasteiger partial charge on any atom is 0.117 e. The van der Waals surface area contributed by atoms with Gasteiger partial charge in [0.15, 0.2) is 0 Å². The van der Waals surface area contributed by atoms with Crippen molar-refractivity contribution in [3.8, 4) is 0 Å². The molecule has 12 heteroatoms. The van der Waals surface area contributed by atoms with Gasteiger partial charge in [0.05, 0.1) is 66.2 Å². The van der Waals surface area contributed by atoms with Crippen molar-refractivity contribution in [3.63, 3.8) is 0 Å². The van der Waals surface area contributed by atoms with Crippen LogP contribution < -0.4 is 0 Å². The van der Waals surface area contributed by atoms with Crippen LogP contribution in [0.2, 0.25) is 0 Å². The lowest BCUT2D eigenvalue weighted by Crippen LogP contribution is -1.99. The van der Waals surface area contributed by atoms with Crippen molar-refractivity contribution < 1.29 is 0 Å². The minimum Gasteiger partial charge on any atom is -0.244 e. The highest BCUT2D eigenvalue weighted by molar-refractivity contribution is 6.15. The zero-order chi connectivity index (χ0) is 30.8. The van der Waals surface area contributed by atoms with E-state index >= 15 is 0 Å². The molecule has 0 aliphatic rings. The highest BCUT2D eigenvalue weighted by Crippen LogP contribution is 2.34. The molecule has 12 nitrogen and oxygen atoms in total. The molecule has 0 amide bonds. The van der Waals surface area contributed by atoms with Gasteiger partial charge in [-0.25, -0.2) is 59.8 Å².